The third-order valence-corrected chi connectivity index (χ3v) is 2.42. The van der Waals surface area contributed by atoms with Crippen molar-refractivity contribution in [2.75, 3.05) is 0 Å². The molecule has 0 radical (unpaired) electrons. The highest BCUT2D eigenvalue weighted by Crippen LogP contribution is 2.31. The molecule has 0 aliphatic heterocycles. The van der Waals surface area contributed by atoms with E-state index >= 15 is 0 Å². The van der Waals surface area contributed by atoms with Crippen LogP contribution in [-0.4, -0.2) is 16.0 Å². The number of benzene rings is 1. The fraction of sp³-hybridized carbons (Fsp3) is 0.417. The highest BCUT2D eigenvalue weighted by atomic mass is 16.6. The number of nitrogens with zero attached hydrogens (tertiary/aromatic N) is 1. The predicted molar refractivity (Wildman–Crippen MR) is 63.1 cm³/mol. The second-order valence-corrected chi connectivity index (χ2v) is 4.93. The Hall–Kier alpha value is -1.91. The number of carboxylic acid groups (broad SMARTS) is 1. The summed E-state index contributed by atoms with van der Waals surface area (Å²) in [5.74, 6) is -0.997. The van der Waals surface area contributed by atoms with Crippen LogP contribution < -0.4 is 0 Å². The van der Waals surface area contributed by atoms with Crippen LogP contribution in [0.25, 0.3) is 0 Å². The molecule has 0 unspecified atom stereocenters. The smallest absolute Gasteiger partial charge is 0.307 e. The molecule has 1 aromatic carbocycles. The first-order valence-electron chi connectivity index (χ1n) is 5.21. The number of nitro benzene ring substituents is 1. The standard InChI is InChI=1S/C12H15NO4/c1-12(2,3)9-5-4-8(7-11(14)15)6-10(9)13(16)17/h4-6H,7H2,1-3H3,(H,14,15). The van der Waals surface area contributed by atoms with E-state index in [4.69, 9.17) is 5.11 Å². The van der Waals surface area contributed by atoms with E-state index in [9.17, 15) is 14.9 Å². The van der Waals surface area contributed by atoms with Gasteiger partial charge in [0.1, 0.15) is 0 Å². The minimum absolute atomic E-state index is 0.0174. The van der Waals surface area contributed by atoms with E-state index in [1.54, 1.807) is 12.1 Å². The Balaban J connectivity index is 3.27. The molecule has 0 fully saturated rings. The maximum absolute atomic E-state index is 11.0. The number of aliphatic carboxylic acids is 1. The molecular formula is C12H15NO4. The molecular weight excluding hydrogens is 222 g/mol. The molecule has 0 aromatic heterocycles. The van der Waals surface area contributed by atoms with Gasteiger partial charge in [-0.3, -0.25) is 14.9 Å². The van der Waals surface area contributed by atoms with E-state index in [0.717, 1.165) is 0 Å². The lowest BCUT2D eigenvalue weighted by atomic mass is 9.85. The van der Waals surface area contributed by atoms with Crippen LogP contribution in [0.15, 0.2) is 18.2 Å². The Bertz CT molecular complexity index is 460. The van der Waals surface area contributed by atoms with Crippen molar-refractivity contribution in [2.24, 2.45) is 0 Å². The van der Waals surface area contributed by atoms with Crippen LogP contribution in [0.4, 0.5) is 5.69 Å². The van der Waals surface area contributed by atoms with E-state index in [0.29, 0.717) is 11.1 Å². The van der Waals surface area contributed by atoms with Gasteiger partial charge in [0, 0.05) is 11.6 Å². The molecule has 0 saturated carbocycles. The maximum Gasteiger partial charge on any atom is 0.307 e. The van der Waals surface area contributed by atoms with Crippen molar-refractivity contribution in [3.05, 3.63) is 39.4 Å². The summed E-state index contributed by atoms with van der Waals surface area (Å²) in [4.78, 5) is 21.1. The summed E-state index contributed by atoms with van der Waals surface area (Å²) in [6.45, 7) is 5.64. The molecule has 0 bridgehead atoms. The summed E-state index contributed by atoms with van der Waals surface area (Å²) >= 11 is 0. The lowest BCUT2D eigenvalue weighted by Gasteiger charge is -2.19. The molecule has 0 atom stereocenters. The van der Waals surface area contributed by atoms with E-state index in [2.05, 4.69) is 0 Å². The van der Waals surface area contributed by atoms with E-state index in [1.807, 2.05) is 20.8 Å². The van der Waals surface area contributed by atoms with Gasteiger partial charge >= 0.3 is 5.97 Å². The first-order valence-corrected chi connectivity index (χ1v) is 5.21. The molecule has 5 heteroatoms. The van der Waals surface area contributed by atoms with Gasteiger partial charge in [0.15, 0.2) is 0 Å². The summed E-state index contributed by atoms with van der Waals surface area (Å²) in [7, 11) is 0. The number of rotatable bonds is 3. The van der Waals surface area contributed by atoms with Crippen molar-refractivity contribution in [2.45, 2.75) is 32.6 Å². The third-order valence-electron chi connectivity index (χ3n) is 2.42. The number of hydrogen-bond acceptors (Lipinski definition) is 3. The summed E-state index contributed by atoms with van der Waals surface area (Å²) < 4.78 is 0. The Morgan fingerprint density at radius 2 is 2.00 bits per heavy atom. The van der Waals surface area contributed by atoms with Gasteiger partial charge in [0.25, 0.3) is 5.69 Å². The van der Waals surface area contributed by atoms with E-state index in [-0.39, 0.29) is 17.5 Å². The Labute approximate surface area is 99.2 Å². The molecule has 92 valence electrons. The minimum atomic E-state index is -0.997. The fourth-order valence-corrected chi connectivity index (χ4v) is 1.65. The molecule has 1 N–H and O–H groups in total. The van der Waals surface area contributed by atoms with Gasteiger partial charge in [-0.15, -0.1) is 0 Å². The maximum atomic E-state index is 11.0. The van der Waals surface area contributed by atoms with Crippen LogP contribution in [0, 0.1) is 10.1 Å². The van der Waals surface area contributed by atoms with Crippen molar-refractivity contribution in [1.82, 2.24) is 0 Å². The van der Waals surface area contributed by atoms with Crippen LogP contribution in [-0.2, 0) is 16.6 Å². The summed E-state index contributed by atoms with van der Waals surface area (Å²) in [6, 6.07) is 4.60. The lowest BCUT2D eigenvalue weighted by Crippen LogP contribution is -2.14. The van der Waals surface area contributed by atoms with Gasteiger partial charge in [-0.1, -0.05) is 32.9 Å². The lowest BCUT2D eigenvalue weighted by molar-refractivity contribution is -0.386. The van der Waals surface area contributed by atoms with E-state index in [1.165, 1.54) is 6.07 Å². The molecule has 1 rings (SSSR count). The molecule has 1 aromatic rings. The van der Waals surface area contributed by atoms with Crippen molar-refractivity contribution < 1.29 is 14.8 Å². The first kappa shape index (κ1) is 13.2. The normalized spacial score (nSPS) is 11.2. The molecule has 5 nitrogen and oxygen atoms in total. The van der Waals surface area contributed by atoms with Gasteiger partial charge in [0.05, 0.1) is 11.3 Å². The monoisotopic (exact) mass is 237 g/mol. The Morgan fingerprint density at radius 1 is 1.41 bits per heavy atom. The molecule has 0 saturated heterocycles. The molecule has 0 aliphatic carbocycles. The average Bonchev–Trinajstić information content (AvgIpc) is 2.14. The summed E-state index contributed by atoms with van der Waals surface area (Å²) in [5, 5.41) is 19.6. The Morgan fingerprint density at radius 3 is 2.41 bits per heavy atom. The zero-order valence-electron chi connectivity index (χ0n) is 10.1. The summed E-state index contributed by atoms with van der Waals surface area (Å²) in [6.07, 6.45) is -0.203. The zero-order chi connectivity index (χ0) is 13.2. The van der Waals surface area contributed by atoms with Crippen LogP contribution in [0.1, 0.15) is 31.9 Å². The topological polar surface area (TPSA) is 80.4 Å². The van der Waals surface area contributed by atoms with Gasteiger partial charge in [0.2, 0.25) is 0 Å². The summed E-state index contributed by atoms with van der Waals surface area (Å²) in [5.41, 5.74) is 0.689. The molecule has 17 heavy (non-hydrogen) atoms. The second kappa shape index (κ2) is 4.53. The second-order valence-electron chi connectivity index (χ2n) is 4.93. The largest absolute Gasteiger partial charge is 0.481 e. The van der Waals surface area contributed by atoms with E-state index < -0.39 is 10.9 Å². The zero-order valence-corrected chi connectivity index (χ0v) is 10.1. The van der Waals surface area contributed by atoms with Crippen LogP contribution in [0.5, 0.6) is 0 Å². The third kappa shape index (κ3) is 3.27. The number of hydrogen-bond donors (Lipinski definition) is 1. The number of carbonyl (C=O) groups is 1. The van der Waals surface area contributed by atoms with Gasteiger partial charge in [-0.2, -0.15) is 0 Å². The SMILES string of the molecule is CC(C)(C)c1ccc(CC(=O)O)cc1[N+](=O)[O-]. The molecule has 0 spiro atoms. The van der Waals surface area contributed by atoms with Gasteiger partial charge in [-0.05, 0) is 11.0 Å². The van der Waals surface area contributed by atoms with Crippen molar-refractivity contribution in [1.29, 1.82) is 0 Å². The fourth-order valence-electron chi connectivity index (χ4n) is 1.65. The number of nitro groups is 1. The molecule has 0 heterocycles. The van der Waals surface area contributed by atoms with Crippen LogP contribution in [0.2, 0.25) is 0 Å². The quantitative estimate of drug-likeness (QED) is 0.647. The first-order chi connectivity index (χ1) is 7.71. The molecule has 0 amide bonds. The van der Waals surface area contributed by atoms with Crippen molar-refractivity contribution in [3.63, 3.8) is 0 Å². The van der Waals surface area contributed by atoms with Gasteiger partial charge in [-0.25, -0.2) is 0 Å². The minimum Gasteiger partial charge on any atom is -0.481 e. The van der Waals surface area contributed by atoms with Crippen LogP contribution in [0.3, 0.4) is 0 Å². The Kier molecular flexibility index (Phi) is 3.50. The highest BCUT2D eigenvalue weighted by molar-refractivity contribution is 5.70. The highest BCUT2D eigenvalue weighted by Gasteiger charge is 2.25. The van der Waals surface area contributed by atoms with Crippen LogP contribution >= 0.6 is 0 Å². The average molecular weight is 237 g/mol. The number of carboxylic acids is 1. The van der Waals surface area contributed by atoms with Crippen molar-refractivity contribution >= 4 is 11.7 Å². The predicted octanol–water partition coefficient (Wildman–Crippen LogP) is 2.52. The molecule has 0 aliphatic rings. The van der Waals surface area contributed by atoms with Gasteiger partial charge < -0.3 is 5.11 Å². The van der Waals surface area contributed by atoms with Crippen molar-refractivity contribution in [3.8, 4) is 0 Å².